The second kappa shape index (κ2) is 9.44. The fourth-order valence-corrected chi connectivity index (χ4v) is 3.15. The number of aryl methyl sites for hydroxylation is 1. The average molecular weight is 313 g/mol. The van der Waals surface area contributed by atoms with Crippen molar-refractivity contribution in [2.24, 2.45) is 0 Å². The molecule has 2 heteroatoms. The summed E-state index contributed by atoms with van der Waals surface area (Å²) >= 11 is 0. The lowest BCUT2D eigenvalue weighted by molar-refractivity contribution is 0.475. The molecule has 0 radical (unpaired) electrons. The van der Waals surface area contributed by atoms with Crippen molar-refractivity contribution in [1.29, 1.82) is 0 Å². The third-order valence-electron chi connectivity index (χ3n) is 4.60. The van der Waals surface area contributed by atoms with Crippen LogP contribution in [0.15, 0.2) is 36.4 Å². The average Bonchev–Trinajstić information content (AvgIpc) is 2.92. The zero-order valence-electron chi connectivity index (χ0n) is 14.7. The van der Waals surface area contributed by atoms with E-state index >= 15 is 0 Å². The molecule has 0 bridgehead atoms. The van der Waals surface area contributed by atoms with Gasteiger partial charge in [0.1, 0.15) is 5.75 Å². The Morgan fingerprint density at radius 2 is 1.39 bits per heavy atom. The van der Waals surface area contributed by atoms with Crippen molar-refractivity contribution in [1.82, 2.24) is 4.57 Å². The van der Waals surface area contributed by atoms with Gasteiger partial charge in [-0.1, -0.05) is 51.9 Å². The summed E-state index contributed by atoms with van der Waals surface area (Å²) in [7, 11) is 0. The molecule has 1 N–H and O–H groups in total. The number of unbranched alkanes of at least 4 members (excludes halogenated alkanes) is 7. The highest BCUT2D eigenvalue weighted by atomic mass is 16.3. The van der Waals surface area contributed by atoms with E-state index in [1.807, 2.05) is 12.1 Å². The summed E-state index contributed by atoms with van der Waals surface area (Å²) in [5, 5.41) is 9.45. The highest BCUT2D eigenvalue weighted by molar-refractivity contribution is 5.61. The number of aromatic hydroxyl groups is 1. The van der Waals surface area contributed by atoms with E-state index in [2.05, 4.69) is 30.5 Å². The number of phenolic OH excluding ortho intramolecular Hbond substituents is 1. The van der Waals surface area contributed by atoms with Crippen molar-refractivity contribution < 1.29 is 5.11 Å². The SMILES string of the molecule is CCCCCCCCCCn1c(C)ccc1-c1ccc(O)cc1. The summed E-state index contributed by atoms with van der Waals surface area (Å²) in [6.45, 7) is 5.53. The van der Waals surface area contributed by atoms with Gasteiger partial charge in [-0.15, -0.1) is 0 Å². The summed E-state index contributed by atoms with van der Waals surface area (Å²) in [5.41, 5.74) is 3.75. The van der Waals surface area contributed by atoms with Gasteiger partial charge in [-0.25, -0.2) is 0 Å². The van der Waals surface area contributed by atoms with Gasteiger partial charge in [0.15, 0.2) is 0 Å². The van der Waals surface area contributed by atoms with Crippen LogP contribution >= 0.6 is 0 Å². The Hall–Kier alpha value is -1.70. The van der Waals surface area contributed by atoms with Crippen LogP contribution in [-0.4, -0.2) is 9.67 Å². The van der Waals surface area contributed by atoms with E-state index < -0.39 is 0 Å². The number of aromatic nitrogens is 1. The fraction of sp³-hybridized carbons (Fsp3) is 0.524. The van der Waals surface area contributed by atoms with Crippen LogP contribution in [0.3, 0.4) is 0 Å². The van der Waals surface area contributed by atoms with Crippen LogP contribution in [-0.2, 0) is 6.54 Å². The third-order valence-corrected chi connectivity index (χ3v) is 4.60. The molecule has 0 atom stereocenters. The van der Waals surface area contributed by atoms with E-state index in [1.54, 1.807) is 12.1 Å². The lowest BCUT2D eigenvalue weighted by atomic mass is 10.1. The molecular weight excluding hydrogens is 282 g/mol. The molecule has 0 aliphatic rings. The Labute approximate surface area is 141 Å². The topological polar surface area (TPSA) is 25.2 Å². The molecule has 1 aromatic carbocycles. The number of hydrogen-bond acceptors (Lipinski definition) is 1. The van der Waals surface area contributed by atoms with Gasteiger partial charge in [0.25, 0.3) is 0 Å². The molecule has 2 rings (SSSR count). The predicted molar refractivity (Wildman–Crippen MR) is 98.9 cm³/mol. The molecule has 2 aromatic rings. The fourth-order valence-electron chi connectivity index (χ4n) is 3.15. The van der Waals surface area contributed by atoms with Gasteiger partial charge in [-0.3, -0.25) is 0 Å². The van der Waals surface area contributed by atoms with Gasteiger partial charge in [0.05, 0.1) is 0 Å². The van der Waals surface area contributed by atoms with Gasteiger partial charge >= 0.3 is 0 Å². The zero-order chi connectivity index (χ0) is 16.5. The molecule has 0 saturated heterocycles. The lowest BCUT2D eigenvalue weighted by Gasteiger charge is -2.12. The summed E-state index contributed by atoms with van der Waals surface area (Å²) in [5.74, 6) is 0.326. The molecule has 0 amide bonds. The Kier molecular flexibility index (Phi) is 7.25. The molecule has 1 aromatic heterocycles. The van der Waals surface area contributed by atoms with Crippen molar-refractivity contribution in [3.8, 4) is 17.0 Å². The smallest absolute Gasteiger partial charge is 0.115 e. The summed E-state index contributed by atoms with van der Waals surface area (Å²) in [6, 6.07) is 11.9. The highest BCUT2D eigenvalue weighted by Crippen LogP contribution is 2.25. The van der Waals surface area contributed by atoms with Crippen LogP contribution in [0.1, 0.15) is 64.0 Å². The van der Waals surface area contributed by atoms with E-state index in [0.717, 1.165) is 6.54 Å². The summed E-state index contributed by atoms with van der Waals surface area (Å²) in [6.07, 6.45) is 10.8. The standard InChI is InChI=1S/C21H31NO/c1-3-4-5-6-7-8-9-10-17-22-18(2)11-16-21(22)19-12-14-20(23)15-13-19/h11-16,23H,3-10,17H2,1-2H3. The van der Waals surface area contributed by atoms with Gasteiger partial charge in [0.2, 0.25) is 0 Å². The van der Waals surface area contributed by atoms with Crippen LogP contribution < -0.4 is 0 Å². The minimum absolute atomic E-state index is 0.326. The van der Waals surface area contributed by atoms with Crippen LogP contribution in [0, 0.1) is 6.92 Å². The van der Waals surface area contributed by atoms with Crippen LogP contribution in [0.2, 0.25) is 0 Å². The van der Waals surface area contributed by atoms with Gasteiger partial charge in [0, 0.05) is 17.9 Å². The Morgan fingerprint density at radius 3 is 2.04 bits per heavy atom. The predicted octanol–water partition coefficient (Wildman–Crippen LogP) is 6.31. The molecule has 0 spiro atoms. The van der Waals surface area contributed by atoms with E-state index in [9.17, 15) is 5.11 Å². The number of hydrogen-bond donors (Lipinski definition) is 1. The van der Waals surface area contributed by atoms with E-state index in [4.69, 9.17) is 0 Å². The molecule has 2 nitrogen and oxygen atoms in total. The first-order valence-corrected chi connectivity index (χ1v) is 9.18. The first-order valence-electron chi connectivity index (χ1n) is 9.18. The monoisotopic (exact) mass is 313 g/mol. The molecule has 126 valence electrons. The van der Waals surface area contributed by atoms with Crippen molar-refractivity contribution in [2.45, 2.75) is 71.8 Å². The molecule has 23 heavy (non-hydrogen) atoms. The highest BCUT2D eigenvalue weighted by Gasteiger charge is 2.07. The van der Waals surface area contributed by atoms with Gasteiger partial charge < -0.3 is 9.67 Å². The van der Waals surface area contributed by atoms with Gasteiger partial charge in [-0.05, 0) is 55.3 Å². The van der Waals surface area contributed by atoms with Crippen molar-refractivity contribution in [3.63, 3.8) is 0 Å². The molecule has 0 fully saturated rings. The minimum atomic E-state index is 0.326. The van der Waals surface area contributed by atoms with Crippen molar-refractivity contribution in [2.75, 3.05) is 0 Å². The van der Waals surface area contributed by atoms with E-state index in [0.29, 0.717) is 5.75 Å². The second-order valence-corrected chi connectivity index (χ2v) is 6.53. The summed E-state index contributed by atoms with van der Waals surface area (Å²) in [4.78, 5) is 0. The molecule has 0 aliphatic heterocycles. The van der Waals surface area contributed by atoms with Crippen molar-refractivity contribution in [3.05, 3.63) is 42.1 Å². The maximum atomic E-state index is 9.45. The van der Waals surface area contributed by atoms with E-state index in [1.165, 1.54) is 68.3 Å². The largest absolute Gasteiger partial charge is 0.508 e. The summed E-state index contributed by atoms with van der Waals surface area (Å²) < 4.78 is 2.41. The zero-order valence-corrected chi connectivity index (χ0v) is 14.7. The van der Waals surface area contributed by atoms with E-state index in [-0.39, 0.29) is 0 Å². The van der Waals surface area contributed by atoms with Crippen molar-refractivity contribution >= 4 is 0 Å². The first kappa shape index (κ1) is 17.7. The first-order chi connectivity index (χ1) is 11.2. The quantitative estimate of drug-likeness (QED) is 0.511. The molecule has 0 aliphatic carbocycles. The maximum absolute atomic E-state index is 9.45. The van der Waals surface area contributed by atoms with Crippen LogP contribution in [0.4, 0.5) is 0 Å². The molecule has 0 saturated carbocycles. The molecular formula is C21H31NO. The third kappa shape index (κ3) is 5.46. The molecule has 0 unspecified atom stereocenters. The second-order valence-electron chi connectivity index (χ2n) is 6.53. The molecule has 1 heterocycles. The number of rotatable bonds is 10. The number of nitrogens with zero attached hydrogens (tertiary/aromatic N) is 1. The normalized spacial score (nSPS) is 11.0. The maximum Gasteiger partial charge on any atom is 0.115 e. The number of phenols is 1. The Bertz CT molecular complexity index is 568. The lowest BCUT2D eigenvalue weighted by Crippen LogP contribution is -2.02. The van der Waals surface area contributed by atoms with Crippen LogP contribution in [0.5, 0.6) is 5.75 Å². The number of benzene rings is 1. The van der Waals surface area contributed by atoms with Crippen LogP contribution in [0.25, 0.3) is 11.3 Å². The Balaban J connectivity index is 1.81. The van der Waals surface area contributed by atoms with Gasteiger partial charge in [-0.2, -0.15) is 0 Å². The minimum Gasteiger partial charge on any atom is -0.508 e. The Morgan fingerprint density at radius 1 is 0.783 bits per heavy atom.